The van der Waals surface area contributed by atoms with E-state index in [9.17, 15) is 4.79 Å². The molecule has 1 saturated carbocycles. The maximum Gasteiger partial charge on any atom is 0.237 e. The number of benzene rings is 1. The van der Waals surface area contributed by atoms with Crippen molar-refractivity contribution in [1.82, 2.24) is 10.6 Å². The van der Waals surface area contributed by atoms with Gasteiger partial charge in [-0.05, 0) is 32.3 Å². The Morgan fingerprint density at radius 3 is 2.47 bits per heavy atom. The molecule has 2 atom stereocenters. The van der Waals surface area contributed by atoms with Gasteiger partial charge in [-0.25, -0.2) is 0 Å². The number of carbonyl (C=O) groups excluding carboxylic acids is 1. The minimum Gasteiger partial charge on any atom is -0.352 e. The molecule has 0 heterocycles. The molecular formula is C14H20N2O. The molecule has 17 heavy (non-hydrogen) atoms. The van der Waals surface area contributed by atoms with Crippen LogP contribution in [-0.4, -0.2) is 18.0 Å². The molecule has 0 aromatic heterocycles. The lowest BCUT2D eigenvalue weighted by molar-refractivity contribution is -0.123. The molecule has 2 N–H and O–H groups in total. The van der Waals surface area contributed by atoms with Crippen LogP contribution in [0.5, 0.6) is 0 Å². The maximum atomic E-state index is 11.8. The third kappa shape index (κ3) is 3.56. The molecule has 2 unspecified atom stereocenters. The van der Waals surface area contributed by atoms with Crippen molar-refractivity contribution in [3.8, 4) is 0 Å². The summed E-state index contributed by atoms with van der Waals surface area (Å²) in [5, 5.41) is 6.33. The SMILES string of the molecule is CC(NC(C)c1ccccc1)C(=O)NC1CC1. The van der Waals surface area contributed by atoms with Gasteiger partial charge < -0.3 is 5.32 Å². The lowest BCUT2D eigenvalue weighted by Crippen LogP contribution is -2.43. The van der Waals surface area contributed by atoms with E-state index in [1.54, 1.807) is 0 Å². The number of amides is 1. The van der Waals surface area contributed by atoms with Crippen LogP contribution in [0.4, 0.5) is 0 Å². The first-order valence-corrected chi connectivity index (χ1v) is 6.28. The minimum absolute atomic E-state index is 0.107. The van der Waals surface area contributed by atoms with E-state index in [0.717, 1.165) is 12.8 Å². The van der Waals surface area contributed by atoms with Crippen LogP contribution >= 0.6 is 0 Å². The van der Waals surface area contributed by atoms with Gasteiger partial charge in [0.15, 0.2) is 0 Å². The molecule has 1 aromatic carbocycles. The highest BCUT2D eigenvalue weighted by atomic mass is 16.2. The first-order valence-electron chi connectivity index (χ1n) is 6.28. The average Bonchev–Trinajstić information content (AvgIpc) is 3.14. The fraction of sp³-hybridized carbons (Fsp3) is 0.500. The lowest BCUT2D eigenvalue weighted by Gasteiger charge is -2.19. The fourth-order valence-corrected chi connectivity index (χ4v) is 1.84. The zero-order valence-corrected chi connectivity index (χ0v) is 10.4. The summed E-state index contributed by atoms with van der Waals surface area (Å²) >= 11 is 0. The molecule has 92 valence electrons. The number of carbonyl (C=O) groups is 1. The summed E-state index contributed by atoms with van der Waals surface area (Å²) in [6.45, 7) is 3.99. The van der Waals surface area contributed by atoms with Crippen molar-refractivity contribution >= 4 is 5.91 Å². The van der Waals surface area contributed by atoms with Gasteiger partial charge in [-0.2, -0.15) is 0 Å². The predicted octanol–water partition coefficient (Wildman–Crippen LogP) is 2.00. The van der Waals surface area contributed by atoms with Crippen LogP contribution in [0, 0.1) is 0 Å². The Balaban J connectivity index is 1.84. The number of nitrogens with one attached hydrogen (secondary N) is 2. The van der Waals surface area contributed by atoms with Gasteiger partial charge in [-0.1, -0.05) is 30.3 Å². The fourth-order valence-electron chi connectivity index (χ4n) is 1.84. The third-order valence-corrected chi connectivity index (χ3v) is 3.12. The Morgan fingerprint density at radius 2 is 1.88 bits per heavy atom. The van der Waals surface area contributed by atoms with Crippen LogP contribution < -0.4 is 10.6 Å². The molecule has 0 aliphatic heterocycles. The first kappa shape index (κ1) is 12.1. The third-order valence-electron chi connectivity index (χ3n) is 3.12. The van der Waals surface area contributed by atoms with Gasteiger partial charge >= 0.3 is 0 Å². The van der Waals surface area contributed by atoms with E-state index in [-0.39, 0.29) is 18.0 Å². The molecule has 3 heteroatoms. The van der Waals surface area contributed by atoms with E-state index < -0.39 is 0 Å². The summed E-state index contributed by atoms with van der Waals surface area (Å²) in [6.07, 6.45) is 2.26. The van der Waals surface area contributed by atoms with Crippen LogP contribution in [0.1, 0.15) is 38.3 Å². The van der Waals surface area contributed by atoms with Crippen LogP contribution in [0.2, 0.25) is 0 Å². The second-order valence-corrected chi connectivity index (χ2v) is 4.80. The summed E-state index contributed by atoms with van der Waals surface area (Å²) in [6, 6.07) is 10.7. The Labute approximate surface area is 103 Å². The standard InChI is InChI=1S/C14H20N2O/c1-10(12-6-4-3-5-7-12)15-11(2)14(17)16-13-8-9-13/h3-7,10-11,13,15H,8-9H2,1-2H3,(H,16,17). The monoisotopic (exact) mass is 232 g/mol. The zero-order chi connectivity index (χ0) is 12.3. The van der Waals surface area contributed by atoms with E-state index in [1.165, 1.54) is 5.56 Å². The summed E-state index contributed by atoms with van der Waals surface area (Å²) in [4.78, 5) is 11.8. The number of rotatable bonds is 5. The maximum absolute atomic E-state index is 11.8. The van der Waals surface area contributed by atoms with E-state index in [4.69, 9.17) is 0 Å². The van der Waals surface area contributed by atoms with E-state index >= 15 is 0 Å². The molecular weight excluding hydrogens is 212 g/mol. The normalized spacial score (nSPS) is 18.5. The molecule has 1 amide bonds. The molecule has 0 spiro atoms. The van der Waals surface area contributed by atoms with Crippen molar-refractivity contribution in [1.29, 1.82) is 0 Å². The van der Waals surface area contributed by atoms with Gasteiger partial charge in [0, 0.05) is 12.1 Å². The summed E-state index contributed by atoms with van der Waals surface area (Å²) in [5.41, 5.74) is 1.21. The summed E-state index contributed by atoms with van der Waals surface area (Å²) in [7, 11) is 0. The van der Waals surface area contributed by atoms with Crippen molar-refractivity contribution in [3.05, 3.63) is 35.9 Å². The minimum atomic E-state index is -0.147. The Kier molecular flexibility index (Phi) is 3.79. The summed E-state index contributed by atoms with van der Waals surface area (Å²) < 4.78 is 0. The second-order valence-electron chi connectivity index (χ2n) is 4.80. The smallest absolute Gasteiger partial charge is 0.237 e. The Morgan fingerprint density at radius 1 is 1.24 bits per heavy atom. The first-order chi connectivity index (χ1) is 8.16. The quantitative estimate of drug-likeness (QED) is 0.815. The predicted molar refractivity (Wildman–Crippen MR) is 68.6 cm³/mol. The van der Waals surface area contributed by atoms with E-state index in [1.807, 2.05) is 25.1 Å². The highest BCUT2D eigenvalue weighted by Crippen LogP contribution is 2.19. The summed E-state index contributed by atoms with van der Waals surface area (Å²) in [5.74, 6) is 0.107. The highest BCUT2D eigenvalue weighted by molar-refractivity contribution is 5.81. The largest absolute Gasteiger partial charge is 0.352 e. The molecule has 3 nitrogen and oxygen atoms in total. The molecule has 0 saturated heterocycles. The molecule has 0 radical (unpaired) electrons. The second kappa shape index (κ2) is 5.32. The Bertz CT molecular complexity index is 373. The topological polar surface area (TPSA) is 41.1 Å². The van der Waals surface area contributed by atoms with Gasteiger partial charge in [-0.3, -0.25) is 10.1 Å². The van der Waals surface area contributed by atoms with Crippen LogP contribution in [-0.2, 0) is 4.79 Å². The van der Waals surface area contributed by atoms with Crippen molar-refractivity contribution in [2.75, 3.05) is 0 Å². The van der Waals surface area contributed by atoms with Crippen molar-refractivity contribution in [2.45, 2.75) is 44.8 Å². The highest BCUT2D eigenvalue weighted by Gasteiger charge is 2.26. The zero-order valence-electron chi connectivity index (χ0n) is 10.4. The van der Waals surface area contributed by atoms with Crippen LogP contribution in [0.3, 0.4) is 0 Å². The van der Waals surface area contributed by atoms with E-state index in [2.05, 4.69) is 29.7 Å². The van der Waals surface area contributed by atoms with Crippen molar-refractivity contribution in [2.24, 2.45) is 0 Å². The molecule has 2 rings (SSSR count). The molecule has 1 fully saturated rings. The van der Waals surface area contributed by atoms with Crippen LogP contribution in [0.15, 0.2) is 30.3 Å². The number of hydrogen-bond donors (Lipinski definition) is 2. The average molecular weight is 232 g/mol. The van der Waals surface area contributed by atoms with Crippen molar-refractivity contribution < 1.29 is 4.79 Å². The van der Waals surface area contributed by atoms with E-state index in [0.29, 0.717) is 6.04 Å². The molecule has 1 aliphatic rings. The lowest BCUT2D eigenvalue weighted by atomic mass is 10.1. The van der Waals surface area contributed by atoms with Gasteiger partial charge in [0.05, 0.1) is 6.04 Å². The van der Waals surface area contributed by atoms with Crippen molar-refractivity contribution in [3.63, 3.8) is 0 Å². The van der Waals surface area contributed by atoms with Gasteiger partial charge in [0.2, 0.25) is 5.91 Å². The molecule has 1 aliphatic carbocycles. The van der Waals surface area contributed by atoms with Gasteiger partial charge in [0.25, 0.3) is 0 Å². The van der Waals surface area contributed by atoms with Crippen LogP contribution in [0.25, 0.3) is 0 Å². The molecule has 1 aromatic rings. The Hall–Kier alpha value is -1.35. The van der Waals surface area contributed by atoms with Gasteiger partial charge in [-0.15, -0.1) is 0 Å². The molecule has 0 bridgehead atoms. The van der Waals surface area contributed by atoms with Gasteiger partial charge in [0.1, 0.15) is 0 Å². The number of hydrogen-bond acceptors (Lipinski definition) is 2.